The summed E-state index contributed by atoms with van der Waals surface area (Å²) < 4.78 is 10.7. The fourth-order valence-electron chi connectivity index (χ4n) is 4.48. The van der Waals surface area contributed by atoms with Crippen molar-refractivity contribution in [3.63, 3.8) is 0 Å². The van der Waals surface area contributed by atoms with Crippen LogP contribution in [0.3, 0.4) is 0 Å². The Balaban J connectivity index is 1.22. The molecule has 5 rings (SSSR count). The van der Waals surface area contributed by atoms with Crippen molar-refractivity contribution in [3.8, 4) is 11.8 Å². The van der Waals surface area contributed by atoms with Crippen molar-refractivity contribution in [1.82, 2.24) is 20.2 Å². The number of hydrogen-bond donors (Lipinski definition) is 1. The summed E-state index contributed by atoms with van der Waals surface area (Å²) in [5.74, 6) is 0.329. The number of thiophene rings is 2. The molecule has 2 bridgehead atoms. The van der Waals surface area contributed by atoms with E-state index in [1.165, 1.54) is 36.2 Å². The summed E-state index contributed by atoms with van der Waals surface area (Å²) in [5, 5.41) is 7.06. The Morgan fingerprint density at radius 3 is 2.72 bits per heavy atom. The van der Waals surface area contributed by atoms with E-state index < -0.39 is 6.09 Å². The number of carbonyl (C=O) groups excluding carboxylic acids is 1. The van der Waals surface area contributed by atoms with Gasteiger partial charge in [-0.3, -0.25) is 4.90 Å². The van der Waals surface area contributed by atoms with Gasteiger partial charge in [0.15, 0.2) is 0 Å². The topological polar surface area (TPSA) is 76.6 Å². The minimum atomic E-state index is -0.497. The number of fused-ring (bicyclic) bond motifs is 3. The van der Waals surface area contributed by atoms with Gasteiger partial charge in [-0.2, -0.15) is 4.98 Å². The van der Waals surface area contributed by atoms with Crippen molar-refractivity contribution >= 4 is 39.1 Å². The molecule has 152 valence electrons. The number of methoxy groups -OCH3 is 1. The normalized spacial score (nSPS) is 24.0. The highest BCUT2D eigenvalue weighted by Crippen LogP contribution is 2.37. The van der Waals surface area contributed by atoms with Gasteiger partial charge in [-0.1, -0.05) is 6.07 Å². The van der Waals surface area contributed by atoms with Gasteiger partial charge in [0.25, 0.3) is 11.8 Å². The number of piperidine rings is 1. The largest absolute Gasteiger partial charge is 0.477 e. The molecule has 29 heavy (non-hydrogen) atoms. The number of ether oxygens (including phenoxy) is 2. The van der Waals surface area contributed by atoms with E-state index in [4.69, 9.17) is 9.47 Å². The highest BCUT2D eigenvalue weighted by Gasteiger charge is 2.41. The fourth-order valence-corrected chi connectivity index (χ4v) is 5.89. The van der Waals surface area contributed by atoms with Crippen LogP contribution in [0.25, 0.3) is 10.3 Å². The first-order chi connectivity index (χ1) is 14.2. The molecule has 1 N–H and O–H groups in total. The highest BCUT2D eigenvalue weighted by molar-refractivity contribution is 7.16. The average Bonchev–Trinajstić information content (AvgIpc) is 3.42. The van der Waals surface area contributed by atoms with Crippen LogP contribution in [0.5, 0.6) is 11.8 Å². The summed E-state index contributed by atoms with van der Waals surface area (Å²) in [6, 6.07) is 7.29. The molecule has 2 saturated heterocycles. The zero-order valence-corrected chi connectivity index (χ0v) is 17.7. The van der Waals surface area contributed by atoms with Gasteiger partial charge in [0.2, 0.25) is 0 Å². The van der Waals surface area contributed by atoms with Gasteiger partial charge in [-0.05, 0) is 48.6 Å². The molecule has 5 heterocycles. The molecule has 3 aromatic rings. The molecule has 9 heteroatoms. The number of nitrogens with one attached hydrogen (secondary N) is 1. The first kappa shape index (κ1) is 18.8. The molecule has 0 aliphatic carbocycles. The minimum Gasteiger partial charge on any atom is -0.477 e. The van der Waals surface area contributed by atoms with Gasteiger partial charge in [-0.15, -0.1) is 22.7 Å². The van der Waals surface area contributed by atoms with Crippen LogP contribution in [-0.2, 0) is 6.54 Å². The second-order valence-corrected chi connectivity index (χ2v) is 9.41. The summed E-state index contributed by atoms with van der Waals surface area (Å²) in [6.45, 7) is 1.01. The van der Waals surface area contributed by atoms with E-state index in [1.807, 2.05) is 22.8 Å². The Morgan fingerprint density at radius 2 is 2.00 bits per heavy atom. The molecule has 0 aromatic carbocycles. The number of nitrogens with zero attached hydrogens (tertiary/aromatic N) is 3. The maximum Gasteiger partial charge on any atom is 0.414 e. The van der Waals surface area contributed by atoms with Crippen LogP contribution in [0, 0.1) is 0 Å². The zero-order valence-electron chi connectivity index (χ0n) is 16.0. The molecular weight excluding hydrogens is 408 g/mol. The molecule has 2 fully saturated rings. The predicted octanol–water partition coefficient (Wildman–Crippen LogP) is 4.05. The van der Waals surface area contributed by atoms with Gasteiger partial charge in [0, 0.05) is 29.5 Å². The van der Waals surface area contributed by atoms with E-state index >= 15 is 0 Å². The van der Waals surface area contributed by atoms with Gasteiger partial charge in [0.1, 0.15) is 10.3 Å². The monoisotopic (exact) mass is 430 g/mol. The summed E-state index contributed by atoms with van der Waals surface area (Å²) >= 11 is 3.28. The lowest BCUT2D eigenvalue weighted by molar-refractivity contribution is 0.108. The summed E-state index contributed by atoms with van der Waals surface area (Å²) in [4.78, 5) is 26.0. The standard InChI is InChI=1S/C20H22N4O3S2/c1-26-17-18(22-16-6-8-29-19(16)23-17)27-20(25)21-12-9-13-4-5-14(10-12)24(13)11-15-3-2-7-28-15/h2-3,6-8,12-14H,4-5,9-11H2,1H3,(H,21,25). The third-order valence-electron chi connectivity index (χ3n) is 5.74. The van der Waals surface area contributed by atoms with E-state index in [0.717, 1.165) is 24.2 Å². The first-order valence-corrected chi connectivity index (χ1v) is 11.5. The van der Waals surface area contributed by atoms with Crippen LogP contribution in [0.1, 0.15) is 30.6 Å². The van der Waals surface area contributed by atoms with Crippen molar-refractivity contribution < 1.29 is 14.3 Å². The summed E-state index contributed by atoms with van der Waals surface area (Å²) in [5.41, 5.74) is 0.693. The maximum atomic E-state index is 12.5. The number of hydrogen-bond acceptors (Lipinski definition) is 8. The smallest absolute Gasteiger partial charge is 0.414 e. The molecule has 7 nitrogen and oxygen atoms in total. The molecule has 2 unspecified atom stereocenters. The van der Waals surface area contributed by atoms with E-state index in [1.54, 1.807) is 0 Å². The van der Waals surface area contributed by atoms with Crippen molar-refractivity contribution in [2.24, 2.45) is 0 Å². The maximum absolute atomic E-state index is 12.5. The van der Waals surface area contributed by atoms with Gasteiger partial charge >= 0.3 is 6.09 Å². The van der Waals surface area contributed by atoms with Gasteiger partial charge in [0.05, 0.1) is 7.11 Å². The third-order valence-corrected chi connectivity index (χ3v) is 7.40. The third kappa shape index (κ3) is 3.82. The Bertz CT molecular complexity index is 993. The van der Waals surface area contributed by atoms with E-state index in [2.05, 4.69) is 37.7 Å². The second kappa shape index (κ2) is 7.89. The van der Waals surface area contributed by atoms with Gasteiger partial charge in [-0.25, -0.2) is 9.78 Å². The molecule has 3 aromatic heterocycles. The van der Waals surface area contributed by atoms with E-state index in [-0.39, 0.29) is 17.8 Å². The molecule has 0 saturated carbocycles. The van der Waals surface area contributed by atoms with Crippen LogP contribution in [-0.4, -0.2) is 46.2 Å². The lowest BCUT2D eigenvalue weighted by atomic mass is 9.97. The van der Waals surface area contributed by atoms with Crippen molar-refractivity contribution in [1.29, 1.82) is 0 Å². The van der Waals surface area contributed by atoms with Crippen molar-refractivity contribution in [2.45, 2.75) is 50.4 Å². The zero-order chi connectivity index (χ0) is 19.8. The Labute approximate surface area is 176 Å². The van der Waals surface area contributed by atoms with Gasteiger partial charge < -0.3 is 14.8 Å². The van der Waals surface area contributed by atoms with Crippen LogP contribution < -0.4 is 14.8 Å². The van der Waals surface area contributed by atoms with Crippen LogP contribution >= 0.6 is 22.7 Å². The van der Waals surface area contributed by atoms with E-state index in [0.29, 0.717) is 17.6 Å². The lowest BCUT2D eigenvalue weighted by Gasteiger charge is -2.38. The van der Waals surface area contributed by atoms with Crippen LogP contribution in [0.4, 0.5) is 4.79 Å². The lowest BCUT2D eigenvalue weighted by Crippen LogP contribution is -2.50. The molecule has 2 atom stereocenters. The molecule has 0 radical (unpaired) electrons. The number of carbonyl (C=O) groups is 1. The Morgan fingerprint density at radius 1 is 1.17 bits per heavy atom. The molecule has 0 spiro atoms. The first-order valence-electron chi connectivity index (χ1n) is 9.75. The highest BCUT2D eigenvalue weighted by atomic mass is 32.1. The molecular formula is C20H22N4O3S2. The molecule has 1 amide bonds. The number of rotatable bonds is 5. The SMILES string of the molecule is COc1nc2sccc2nc1OC(=O)NC1CC2CCC(C1)N2Cc1cccs1. The molecule has 2 aliphatic rings. The van der Waals surface area contributed by atoms with Crippen LogP contribution in [0.2, 0.25) is 0 Å². The van der Waals surface area contributed by atoms with Crippen molar-refractivity contribution in [3.05, 3.63) is 33.8 Å². The number of amides is 1. The predicted molar refractivity (Wildman–Crippen MR) is 113 cm³/mol. The molecule has 2 aliphatic heterocycles. The average molecular weight is 431 g/mol. The summed E-state index contributed by atoms with van der Waals surface area (Å²) in [6.07, 6.45) is 3.78. The Kier molecular flexibility index (Phi) is 5.11. The Hall–Kier alpha value is -2.23. The van der Waals surface area contributed by atoms with E-state index in [9.17, 15) is 4.79 Å². The quantitative estimate of drug-likeness (QED) is 0.658. The van der Waals surface area contributed by atoms with Crippen LogP contribution in [0.15, 0.2) is 29.0 Å². The van der Waals surface area contributed by atoms with Crippen molar-refractivity contribution in [2.75, 3.05) is 7.11 Å². The fraction of sp³-hybridized carbons (Fsp3) is 0.450. The minimum absolute atomic E-state index is 0.106. The summed E-state index contributed by atoms with van der Waals surface area (Å²) in [7, 11) is 1.50. The second-order valence-electron chi connectivity index (χ2n) is 7.49. The number of aromatic nitrogens is 2.